The highest BCUT2D eigenvalue weighted by atomic mass is 16.5. The van der Waals surface area contributed by atoms with E-state index in [1.165, 1.54) is 7.11 Å². The van der Waals surface area contributed by atoms with Crippen LogP contribution >= 0.6 is 0 Å². The maximum Gasteiger partial charge on any atom is 0.337 e. The van der Waals surface area contributed by atoms with Gasteiger partial charge in [0, 0.05) is 30.3 Å². The van der Waals surface area contributed by atoms with Gasteiger partial charge in [0.1, 0.15) is 5.69 Å². The average molecular weight is 377 g/mol. The third-order valence-corrected chi connectivity index (χ3v) is 3.80. The van der Waals surface area contributed by atoms with Crippen LogP contribution in [0.1, 0.15) is 32.1 Å². The third kappa shape index (κ3) is 4.88. The molecule has 0 aliphatic carbocycles. The van der Waals surface area contributed by atoms with Crippen molar-refractivity contribution in [2.75, 3.05) is 12.4 Å². The second-order valence-corrected chi connectivity index (χ2v) is 5.96. The number of benzene rings is 1. The van der Waals surface area contributed by atoms with Crippen molar-refractivity contribution < 1.29 is 14.3 Å². The first kappa shape index (κ1) is 19.0. The van der Waals surface area contributed by atoms with E-state index in [0.717, 1.165) is 5.56 Å². The molecule has 0 saturated carbocycles. The zero-order chi connectivity index (χ0) is 19.9. The number of nitrogens with one attached hydrogen (secondary N) is 2. The molecule has 1 aromatic carbocycles. The zero-order valence-corrected chi connectivity index (χ0v) is 15.5. The topological polar surface area (TPSA) is 106 Å². The molecule has 3 aromatic rings. The average Bonchev–Trinajstić information content (AvgIpc) is 2.72. The van der Waals surface area contributed by atoms with Gasteiger partial charge in [0.05, 0.1) is 12.7 Å². The third-order valence-electron chi connectivity index (χ3n) is 3.80. The molecule has 1 amide bonds. The number of aromatic nitrogens is 3. The molecule has 0 radical (unpaired) electrons. The van der Waals surface area contributed by atoms with E-state index in [1.54, 1.807) is 55.7 Å². The van der Waals surface area contributed by atoms with Crippen molar-refractivity contribution in [3.05, 3.63) is 77.4 Å². The van der Waals surface area contributed by atoms with Gasteiger partial charge in [-0.2, -0.15) is 0 Å². The predicted molar refractivity (Wildman–Crippen MR) is 103 cm³/mol. The number of nitrogens with zero attached hydrogens (tertiary/aromatic N) is 3. The number of amides is 1. The Hall–Kier alpha value is -3.81. The number of rotatable bonds is 6. The molecule has 8 heteroatoms. The number of ether oxygens (including phenoxy) is 1. The Morgan fingerprint density at radius 3 is 2.71 bits per heavy atom. The first-order chi connectivity index (χ1) is 13.5. The lowest BCUT2D eigenvalue weighted by molar-refractivity contribution is 0.0600. The number of hydrogen-bond donors (Lipinski definition) is 2. The number of methoxy groups -OCH3 is 1. The normalized spacial score (nSPS) is 10.2. The largest absolute Gasteiger partial charge is 0.465 e. The van der Waals surface area contributed by atoms with E-state index in [9.17, 15) is 9.59 Å². The quantitative estimate of drug-likeness (QED) is 0.636. The lowest BCUT2D eigenvalue weighted by Gasteiger charge is -2.09. The second-order valence-electron chi connectivity index (χ2n) is 5.96. The van der Waals surface area contributed by atoms with Gasteiger partial charge in [0.15, 0.2) is 0 Å². The van der Waals surface area contributed by atoms with E-state index in [2.05, 4.69) is 25.6 Å². The molecule has 0 unspecified atom stereocenters. The molecule has 28 heavy (non-hydrogen) atoms. The minimum Gasteiger partial charge on any atom is -0.465 e. The van der Waals surface area contributed by atoms with E-state index < -0.39 is 5.97 Å². The van der Waals surface area contributed by atoms with Crippen molar-refractivity contribution in [2.24, 2.45) is 0 Å². The van der Waals surface area contributed by atoms with E-state index in [-0.39, 0.29) is 17.5 Å². The molecule has 142 valence electrons. The van der Waals surface area contributed by atoms with Gasteiger partial charge in [0.2, 0.25) is 5.95 Å². The summed E-state index contributed by atoms with van der Waals surface area (Å²) < 4.78 is 4.72. The maximum absolute atomic E-state index is 12.4. The molecule has 0 aliphatic heterocycles. The van der Waals surface area contributed by atoms with Gasteiger partial charge in [0.25, 0.3) is 5.91 Å². The van der Waals surface area contributed by atoms with E-state index in [4.69, 9.17) is 4.74 Å². The van der Waals surface area contributed by atoms with Crippen LogP contribution in [-0.4, -0.2) is 33.9 Å². The highest BCUT2D eigenvalue weighted by Gasteiger charge is 2.12. The molecular weight excluding hydrogens is 358 g/mol. The highest BCUT2D eigenvalue weighted by molar-refractivity contribution is 5.93. The van der Waals surface area contributed by atoms with Gasteiger partial charge in [-0.05, 0) is 42.8 Å². The van der Waals surface area contributed by atoms with E-state index >= 15 is 0 Å². The highest BCUT2D eigenvalue weighted by Crippen LogP contribution is 2.16. The molecule has 8 nitrogen and oxygen atoms in total. The molecule has 2 N–H and O–H groups in total. The number of aryl methyl sites for hydroxylation is 1. The van der Waals surface area contributed by atoms with Crippen LogP contribution in [-0.2, 0) is 11.3 Å². The van der Waals surface area contributed by atoms with Gasteiger partial charge >= 0.3 is 5.97 Å². The summed E-state index contributed by atoms with van der Waals surface area (Å²) in [6.07, 6.45) is 3.36. The van der Waals surface area contributed by atoms with Gasteiger partial charge in [-0.3, -0.25) is 9.78 Å². The Morgan fingerprint density at radius 2 is 1.96 bits per heavy atom. The van der Waals surface area contributed by atoms with Crippen molar-refractivity contribution in [2.45, 2.75) is 13.5 Å². The fraction of sp³-hybridized carbons (Fsp3) is 0.150. The summed E-state index contributed by atoms with van der Waals surface area (Å²) in [5.41, 5.74) is 2.76. The molecule has 0 fully saturated rings. The van der Waals surface area contributed by atoms with Crippen molar-refractivity contribution in [1.29, 1.82) is 0 Å². The fourth-order valence-corrected chi connectivity index (χ4v) is 2.49. The molecular formula is C20H19N5O3. The summed E-state index contributed by atoms with van der Waals surface area (Å²) in [5.74, 6) is -0.501. The smallest absolute Gasteiger partial charge is 0.337 e. The molecule has 0 spiro atoms. The first-order valence-corrected chi connectivity index (χ1v) is 8.53. The van der Waals surface area contributed by atoms with Crippen LogP contribution in [0.3, 0.4) is 0 Å². The minimum atomic E-state index is -0.440. The number of carbonyl (C=O) groups is 2. The Morgan fingerprint density at radius 1 is 1.11 bits per heavy atom. The summed E-state index contributed by atoms with van der Waals surface area (Å²) in [5, 5.41) is 5.82. The number of pyridine rings is 1. The molecule has 2 heterocycles. The lowest BCUT2D eigenvalue weighted by atomic mass is 10.2. The molecule has 0 bridgehead atoms. The minimum absolute atomic E-state index is 0.239. The first-order valence-electron chi connectivity index (χ1n) is 8.53. The van der Waals surface area contributed by atoms with Crippen LogP contribution in [0.2, 0.25) is 0 Å². The number of hydrogen-bond acceptors (Lipinski definition) is 7. The SMILES string of the molecule is COC(=O)c1cccc(Nc2nc(C)cc(C(=O)NCc3cccnc3)n2)c1. The van der Waals surface area contributed by atoms with Crippen molar-refractivity contribution in [1.82, 2.24) is 20.3 Å². The van der Waals surface area contributed by atoms with Crippen molar-refractivity contribution in [3.8, 4) is 0 Å². The predicted octanol–water partition coefficient (Wildman–Crippen LogP) is 2.64. The van der Waals surface area contributed by atoms with Gasteiger partial charge < -0.3 is 15.4 Å². The van der Waals surface area contributed by atoms with Crippen molar-refractivity contribution >= 4 is 23.5 Å². The fourth-order valence-electron chi connectivity index (χ4n) is 2.49. The van der Waals surface area contributed by atoms with Crippen LogP contribution in [0.4, 0.5) is 11.6 Å². The van der Waals surface area contributed by atoms with Crippen LogP contribution in [0.25, 0.3) is 0 Å². The standard InChI is InChI=1S/C20H19N5O3/c1-13-9-17(18(26)22-12-14-5-4-8-21-11-14)25-20(23-13)24-16-7-3-6-15(10-16)19(27)28-2/h3-11H,12H2,1-2H3,(H,22,26)(H,23,24,25). The Balaban J connectivity index is 1.74. The summed E-state index contributed by atoms with van der Waals surface area (Å²) in [7, 11) is 1.32. The lowest BCUT2D eigenvalue weighted by Crippen LogP contribution is -2.24. The van der Waals surface area contributed by atoms with Crippen LogP contribution < -0.4 is 10.6 Å². The summed E-state index contributed by atoms with van der Waals surface area (Å²) >= 11 is 0. The molecule has 0 atom stereocenters. The Kier molecular flexibility index (Phi) is 5.91. The Labute approximate surface area is 162 Å². The summed E-state index contributed by atoms with van der Waals surface area (Å²) in [6, 6.07) is 12.0. The van der Waals surface area contributed by atoms with Crippen LogP contribution in [0.15, 0.2) is 54.9 Å². The maximum atomic E-state index is 12.4. The van der Waals surface area contributed by atoms with Gasteiger partial charge in [-0.25, -0.2) is 14.8 Å². The monoisotopic (exact) mass is 377 g/mol. The number of anilines is 2. The molecule has 0 aliphatic rings. The van der Waals surface area contributed by atoms with Gasteiger partial charge in [-0.15, -0.1) is 0 Å². The summed E-state index contributed by atoms with van der Waals surface area (Å²) in [4.78, 5) is 36.7. The van der Waals surface area contributed by atoms with Crippen LogP contribution in [0.5, 0.6) is 0 Å². The molecule has 3 rings (SSSR count). The van der Waals surface area contributed by atoms with E-state index in [0.29, 0.717) is 23.5 Å². The summed E-state index contributed by atoms with van der Waals surface area (Å²) in [6.45, 7) is 2.12. The Bertz CT molecular complexity index is 992. The molecule has 0 saturated heterocycles. The zero-order valence-electron chi connectivity index (χ0n) is 15.5. The van der Waals surface area contributed by atoms with Crippen molar-refractivity contribution in [3.63, 3.8) is 0 Å². The van der Waals surface area contributed by atoms with E-state index in [1.807, 2.05) is 6.07 Å². The van der Waals surface area contributed by atoms with Gasteiger partial charge in [-0.1, -0.05) is 12.1 Å². The number of esters is 1. The molecule has 2 aromatic heterocycles. The van der Waals surface area contributed by atoms with Crippen LogP contribution in [0, 0.1) is 6.92 Å². The second kappa shape index (κ2) is 8.72. The number of carbonyl (C=O) groups excluding carboxylic acids is 2.